The van der Waals surface area contributed by atoms with Gasteiger partial charge in [-0.2, -0.15) is 0 Å². The lowest BCUT2D eigenvalue weighted by Gasteiger charge is -2.09. The van der Waals surface area contributed by atoms with E-state index in [0.29, 0.717) is 0 Å². The maximum atomic E-state index is 5.96. The second kappa shape index (κ2) is 4.31. The van der Waals surface area contributed by atoms with Crippen LogP contribution >= 0.6 is 27.3 Å². The molecule has 4 heteroatoms. The third-order valence-corrected chi connectivity index (χ3v) is 4.23. The van der Waals surface area contributed by atoms with Crippen LogP contribution in [0.5, 0.6) is 0 Å². The Morgan fingerprint density at radius 1 is 1.50 bits per heavy atom. The zero-order chi connectivity index (χ0) is 10.0. The molecule has 2 nitrogen and oxygen atoms in total. The fourth-order valence-electron chi connectivity index (χ4n) is 1.37. The summed E-state index contributed by atoms with van der Waals surface area (Å²) in [7, 11) is 0. The van der Waals surface area contributed by atoms with Crippen LogP contribution in [0, 0.1) is 0 Å². The van der Waals surface area contributed by atoms with Crippen molar-refractivity contribution in [1.82, 2.24) is 5.32 Å². The predicted octanol–water partition coefficient (Wildman–Crippen LogP) is 2.13. The molecule has 0 aromatic carbocycles. The van der Waals surface area contributed by atoms with Gasteiger partial charge in [0.05, 0.1) is 3.79 Å². The van der Waals surface area contributed by atoms with Crippen molar-refractivity contribution in [2.24, 2.45) is 5.73 Å². The molecule has 3 N–H and O–H groups in total. The summed E-state index contributed by atoms with van der Waals surface area (Å²) < 4.78 is 1.21. The lowest BCUT2D eigenvalue weighted by Crippen LogP contribution is -2.36. The van der Waals surface area contributed by atoms with Crippen LogP contribution < -0.4 is 11.1 Å². The molecule has 1 aromatic heterocycles. The zero-order valence-corrected chi connectivity index (χ0v) is 10.5. The molecule has 1 aromatic rings. The van der Waals surface area contributed by atoms with Gasteiger partial charge in [-0.1, -0.05) is 0 Å². The van der Waals surface area contributed by atoms with E-state index >= 15 is 0 Å². The second-order valence-corrected chi connectivity index (χ2v) is 6.54. The second-order valence-electron chi connectivity index (χ2n) is 3.99. The van der Waals surface area contributed by atoms with Crippen molar-refractivity contribution in [3.8, 4) is 0 Å². The van der Waals surface area contributed by atoms with Crippen LogP contribution in [0.4, 0.5) is 0 Å². The summed E-state index contributed by atoms with van der Waals surface area (Å²) in [6.45, 7) is 2.01. The van der Waals surface area contributed by atoms with Crippen molar-refractivity contribution in [3.63, 3.8) is 0 Å². The summed E-state index contributed by atoms with van der Waals surface area (Å²) in [5.41, 5.74) is 6.10. The highest BCUT2D eigenvalue weighted by Crippen LogP contribution is 2.30. The third kappa shape index (κ3) is 3.05. The van der Waals surface area contributed by atoms with Crippen LogP contribution in [-0.4, -0.2) is 18.6 Å². The van der Waals surface area contributed by atoms with Gasteiger partial charge in [0.1, 0.15) is 0 Å². The predicted molar refractivity (Wildman–Crippen MR) is 64.7 cm³/mol. The minimum Gasteiger partial charge on any atom is -0.324 e. The maximum Gasteiger partial charge on any atom is 0.0701 e. The Hall–Kier alpha value is 0.1000. The number of nitrogens with two attached hydrogens (primary N) is 1. The van der Waals surface area contributed by atoms with Crippen molar-refractivity contribution < 1.29 is 0 Å². The summed E-state index contributed by atoms with van der Waals surface area (Å²) in [5.74, 6) is 0. The molecule has 0 saturated heterocycles. The topological polar surface area (TPSA) is 38.0 Å². The number of nitrogens with one attached hydrogen (secondary N) is 1. The first-order valence-corrected chi connectivity index (χ1v) is 6.53. The monoisotopic (exact) mass is 274 g/mol. The summed E-state index contributed by atoms with van der Waals surface area (Å²) in [6.07, 6.45) is 3.47. The molecule has 1 aliphatic rings. The average Bonchev–Trinajstić information content (AvgIpc) is 2.73. The van der Waals surface area contributed by atoms with Crippen LogP contribution in [0.3, 0.4) is 0 Å². The largest absolute Gasteiger partial charge is 0.324 e. The molecular weight excluding hydrogens is 260 g/mol. The fourth-order valence-corrected chi connectivity index (χ4v) is 2.86. The Kier molecular flexibility index (Phi) is 3.27. The molecule has 14 heavy (non-hydrogen) atoms. The van der Waals surface area contributed by atoms with Crippen LogP contribution in [0.1, 0.15) is 17.7 Å². The summed E-state index contributed by atoms with van der Waals surface area (Å²) in [4.78, 5) is 1.42. The highest BCUT2D eigenvalue weighted by atomic mass is 79.9. The van der Waals surface area contributed by atoms with Gasteiger partial charge in [0.15, 0.2) is 0 Å². The van der Waals surface area contributed by atoms with Crippen molar-refractivity contribution in [2.75, 3.05) is 13.1 Å². The highest BCUT2D eigenvalue weighted by Gasteiger charge is 2.37. The van der Waals surface area contributed by atoms with E-state index in [9.17, 15) is 0 Å². The normalized spacial score (nSPS) is 18.4. The molecule has 0 spiro atoms. The first-order valence-electron chi connectivity index (χ1n) is 4.92. The van der Waals surface area contributed by atoms with Gasteiger partial charge in [-0.15, -0.1) is 11.3 Å². The van der Waals surface area contributed by atoms with E-state index in [1.54, 1.807) is 11.3 Å². The van der Waals surface area contributed by atoms with Crippen molar-refractivity contribution in [2.45, 2.75) is 24.8 Å². The number of thiophene rings is 1. The van der Waals surface area contributed by atoms with E-state index in [-0.39, 0.29) is 5.54 Å². The number of rotatable bonds is 5. The van der Waals surface area contributed by atoms with Gasteiger partial charge in [-0.3, -0.25) is 0 Å². The van der Waals surface area contributed by atoms with Crippen LogP contribution in [-0.2, 0) is 6.42 Å². The Labute approximate surface area is 97.0 Å². The molecule has 78 valence electrons. The van der Waals surface area contributed by atoms with Gasteiger partial charge in [0.25, 0.3) is 0 Å². The number of hydrogen-bond donors (Lipinski definition) is 2. The van der Waals surface area contributed by atoms with Gasteiger partial charge < -0.3 is 11.1 Å². The smallest absolute Gasteiger partial charge is 0.0701 e. The van der Waals surface area contributed by atoms with E-state index in [4.69, 9.17) is 5.73 Å². The Balaban J connectivity index is 1.63. The van der Waals surface area contributed by atoms with Gasteiger partial charge in [0, 0.05) is 23.5 Å². The first kappa shape index (κ1) is 10.6. The molecule has 0 amide bonds. The molecule has 0 radical (unpaired) electrons. The number of hydrogen-bond acceptors (Lipinski definition) is 3. The molecular formula is C10H15BrN2S. The molecule has 0 bridgehead atoms. The standard InChI is InChI=1S/C10H15BrN2S/c11-9-2-1-8(14-9)3-6-13-7-10(12)4-5-10/h1-2,13H,3-7,12H2. The summed E-state index contributed by atoms with van der Waals surface area (Å²) >= 11 is 5.27. The molecule has 1 aliphatic carbocycles. The lowest BCUT2D eigenvalue weighted by atomic mass is 10.3. The maximum absolute atomic E-state index is 5.96. The van der Waals surface area contributed by atoms with E-state index in [1.807, 2.05) is 0 Å². The van der Waals surface area contributed by atoms with E-state index in [0.717, 1.165) is 19.5 Å². The highest BCUT2D eigenvalue weighted by molar-refractivity contribution is 9.11. The third-order valence-electron chi connectivity index (χ3n) is 2.55. The Bertz CT molecular complexity index is 307. The van der Waals surface area contributed by atoms with E-state index in [1.165, 1.54) is 21.5 Å². The Morgan fingerprint density at radius 3 is 2.86 bits per heavy atom. The fraction of sp³-hybridized carbons (Fsp3) is 0.600. The van der Waals surface area contributed by atoms with Crippen molar-refractivity contribution in [3.05, 3.63) is 20.8 Å². The Morgan fingerprint density at radius 2 is 2.29 bits per heavy atom. The van der Waals surface area contributed by atoms with Crippen molar-refractivity contribution in [1.29, 1.82) is 0 Å². The quantitative estimate of drug-likeness (QED) is 0.808. The van der Waals surface area contributed by atoms with Crippen molar-refractivity contribution >= 4 is 27.3 Å². The van der Waals surface area contributed by atoms with Gasteiger partial charge in [-0.25, -0.2) is 0 Å². The van der Waals surface area contributed by atoms with Gasteiger partial charge in [0.2, 0.25) is 0 Å². The minimum atomic E-state index is 0.135. The molecule has 2 rings (SSSR count). The molecule has 0 aliphatic heterocycles. The van der Waals surface area contributed by atoms with Gasteiger partial charge in [-0.05, 0) is 47.3 Å². The summed E-state index contributed by atoms with van der Waals surface area (Å²) in [5, 5.41) is 3.41. The van der Waals surface area contributed by atoms with E-state index < -0.39 is 0 Å². The molecule has 1 heterocycles. The number of halogens is 1. The molecule has 1 saturated carbocycles. The minimum absolute atomic E-state index is 0.135. The van der Waals surface area contributed by atoms with Crippen LogP contribution in [0.15, 0.2) is 15.9 Å². The lowest BCUT2D eigenvalue weighted by molar-refractivity contribution is 0.572. The van der Waals surface area contributed by atoms with E-state index in [2.05, 4.69) is 33.4 Å². The zero-order valence-electron chi connectivity index (χ0n) is 8.05. The first-order chi connectivity index (χ1) is 6.68. The van der Waals surface area contributed by atoms with Crippen LogP contribution in [0.25, 0.3) is 0 Å². The van der Waals surface area contributed by atoms with Gasteiger partial charge >= 0.3 is 0 Å². The molecule has 1 fully saturated rings. The average molecular weight is 275 g/mol. The van der Waals surface area contributed by atoms with Crippen LogP contribution in [0.2, 0.25) is 0 Å². The SMILES string of the molecule is NC1(CNCCc2ccc(Br)s2)CC1. The molecule has 0 unspecified atom stereocenters. The summed E-state index contributed by atoms with van der Waals surface area (Å²) in [6, 6.07) is 4.27. The molecule has 0 atom stereocenters.